The maximum atomic E-state index is 8.90. The Labute approximate surface area is 123 Å². The molecule has 1 N–H and O–H groups in total. The van der Waals surface area contributed by atoms with E-state index in [1.807, 2.05) is 30.5 Å². The molecule has 0 amide bonds. The molecule has 2 aromatic carbocycles. The van der Waals surface area contributed by atoms with E-state index in [2.05, 4.69) is 40.6 Å². The van der Waals surface area contributed by atoms with Crippen molar-refractivity contribution in [3.05, 3.63) is 71.9 Å². The van der Waals surface area contributed by atoms with Gasteiger partial charge in [-0.05, 0) is 36.2 Å². The summed E-state index contributed by atoms with van der Waals surface area (Å²) >= 11 is 0. The number of fused-ring (bicyclic) bond motifs is 1. The standard InChI is InChI=1S/C18H15N3/c19-13-14-4-1-8-17(12-14)20-11-9-16-6-2-5-15-7-3-10-21-18(15)16/h1-8,10,12,20H,9,11H2. The zero-order valence-corrected chi connectivity index (χ0v) is 11.6. The molecule has 0 aliphatic heterocycles. The highest BCUT2D eigenvalue weighted by Crippen LogP contribution is 2.17. The lowest BCUT2D eigenvalue weighted by Crippen LogP contribution is -2.05. The third-order valence-corrected chi connectivity index (χ3v) is 3.43. The highest BCUT2D eigenvalue weighted by Gasteiger charge is 2.01. The smallest absolute Gasteiger partial charge is 0.0992 e. The fraction of sp³-hybridized carbons (Fsp3) is 0.111. The number of nitriles is 1. The van der Waals surface area contributed by atoms with Crippen LogP contribution in [0.25, 0.3) is 10.9 Å². The Balaban J connectivity index is 1.71. The average molecular weight is 273 g/mol. The number of nitrogens with one attached hydrogen (secondary N) is 1. The number of anilines is 1. The molecule has 0 radical (unpaired) electrons. The minimum atomic E-state index is 0.673. The molecule has 0 aliphatic rings. The van der Waals surface area contributed by atoms with Gasteiger partial charge >= 0.3 is 0 Å². The van der Waals surface area contributed by atoms with Gasteiger partial charge in [-0.25, -0.2) is 0 Å². The van der Waals surface area contributed by atoms with Crippen LogP contribution < -0.4 is 5.32 Å². The highest BCUT2D eigenvalue weighted by molar-refractivity contribution is 5.81. The zero-order chi connectivity index (χ0) is 14.5. The summed E-state index contributed by atoms with van der Waals surface area (Å²) < 4.78 is 0. The molecule has 0 unspecified atom stereocenters. The zero-order valence-electron chi connectivity index (χ0n) is 11.6. The molecule has 3 aromatic rings. The van der Waals surface area contributed by atoms with E-state index in [0.29, 0.717) is 5.56 Å². The Hall–Kier alpha value is -2.86. The van der Waals surface area contributed by atoms with Crippen molar-refractivity contribution in [3.63, 3.8) is 0 Å². The van der Waals surface area contributed by atoms with E-state index in [4.69, 9.17) is 5.26 Å². The van der Waals surface area contributed by atoms with Crippen LogP contribution in [0.15, 0.2) is 60.8 Å². The largest absolute Gasteiger partial charge is 0.385 e. The van der Waals surface area contributed by atoms with Crippen LogP contribution in [0.1, 0.15) is 11.1 Å². The number of benzene rings is 2. The van der Waals surface area contributed by atoms with Gasteiger partial charge in [-0.3, -0.25) is 4.98 Å². The molecule has 0 saturated heterocycles. The highest BCUT2D eigenvalue weighted by atomic mass is 14.9. The second-order valence-corrected chi connectivity index (χ2v) is 4.86. The van der Waals surface area contributed by atoms with Crippen molar-refractivity contribution >= 4 is 16.6 Å². The van der Waals surface area contributed by atoms with Crippen molar-refractivity contribution in [2.45, 2.75) is 6.42 Å². The van der Waals surface area contributed by atoms with E-state index in [0.717, 1.165) is 24.2 Å². The molecule has 0 aliphatic carbocycles. The van der Waals surface area contributed by atoms with Crippen molar-refractivity contribution in [1.29, 1.82) is 5.26 Å². The second-order valence-electron chi connectivity index (χ2n) is 4.86. The Kier molecular flexibility index (Phi) is 3.79. The molecule has 3 nitrogen and oxygen atoms in total. The van der Waals surface area contributed by atoms with Crippen LogP contribution in [-0.4, -0.2) is 11.5 Å². The van der Waals surface area contributed by atoms with Gasteiger partial charge in [0, 0.05) is 23.8 Å². The molecule has 0 fully saturated rings. The lowest BCUT2D eigenvalue weighted by Gasteiger charge is -2.08. The normalized spacial score (nSPS) is 10.2. The van der Waals surface area contributed by atoms with Crippen LogP contribution in [0.2, 0.25) is 0 Å². The maximum absolute atomic E-state index is 8.90. The second kappa shape index (κ2) is 6.06. The van der Waals surface area contributed by atoms with Gasteiger partial charge in [0.05, 0.1) is 17.1 Å². The molecule has 0 saturated carbocycles. The Morgan fingerprint density at radius 3 is 2.81 bits per heavy atom. The Morgan fingerprint density at radius 2 is 1.90 bits per heavy atom. The predicted molar refractivity (Wildman–Crippen MR) is 85.1 cm³/mol. The molecule has 102 valence electrons. The Morgan fingerprint density at radius 1 is 1.05 bits per heavy atom. The first kappa shape index (κ1) is 13.1. The van der Waals surface area contributed by atoms with Crippen LogP contribution in [-0.2, 0) is 6.42 Å². The number of para-hydroxylation sites is 1. The molecular formula is C18H15N3. The molecule has 0 atom stereocenters. The summed E-state index contributed by atoms with van der Waals surface area (Å²) in [6, 6.07) is 20.0. The third kappa shape index (κ3) is 3.01. The summed E-state index contributed by atoms with van der Waals surface area (Å²) in [7, 11) is 0. The lowest BCUT2D eigenvalue weighted by atomic mass is 10.1. The van der Waals surface area contributed by atoms with Gasteiger partial charge in [0.1, 0.15) is 0 Å². The SMILES string of the molecule is N#Cc1cccc(NCCc2cccc3cccnc23)c1. The molecule has 1 aromatic heterocycles. The van der Waals surface area contributed by atoms with Gasteiger partial charge in [0.15, 0.2) is 0 Å². The van der Waals surface area contributed by atoms with Crippen molar-refractivity contribution < 1.29 is 0 Å². The van der Waals surface area contributed by atoms with Gasteiger partial charge in [-0.15, -0.1) is 0 Å². The predicted octanol–water partition coefficient (Wildman–Crippen LogP) is 3.76. The molecule has 0 spiro atoms. The van der Waals surface area contributed by atoms with E-state index in [1.54, 1.807) is 6.07 Å². The number of aromatic nitrogens is 1. The van der Waals surface area contributed by atoms with Crippen LogP contribution >= 0.6 is 0 Å². The van der Waals surface area contributed by atoms with Crippen molar-refractivity contribution in [2.24, 2.45) is 0 Å². The summed E-state index contributed by atoms with van der Waals surface area (Å²) in [6.45, 7) is 0.810. The van der Waals surface area contributed by atoms with Gasteiger partial charge in [0.2, 0.25) is 0 Å². The van der Waals surface area contributed by atoms with Crippen LogP contribution in [0.5, 0.6) is 0 Å². The molecule has 3 heteroatoms. The van der Waals surface area contributed by atoms with Crippen molar-refractivity contribution in [2.75, 3.05) is 11.9 Å². The molecule has 0 bridgehead atoms. The minimum Gasteiger partial charge on any atom is -0.385 e. The van der Waals surface area contributed by atoms with Gasteiger partial charge in [-0.1, -0.05) is 30.3 Å². The van der Waals surface area contributed by atoms with Gasteiger partial charge < -0.3 is 5.32 Å². The van der Waals surface area contributed by atoms with E-state index in [9.17, 15) is 0 Å². The van der Waals surface area contributed by atoms with Gasteiger partial charge in [-0.2, -0.15) is 5.26 Å². The van der Waals surface area contributed by atoms with Crippen molar-refractivity contribution in [3.8, 4) is 6.07 Å². The first-order valence-corrected chi connectivity index (χ1v) is 6.93. The van der Waals surface area contributed by atoms with Crippen LogP contribution in [0, 0.1) is 11.3 Å². The summed E-state index contributed by atoms with van der Waals surface area (Å²) in [4.78, 5) is 4.46. The van der Waals surface area contributed by atoms with E-state index < -0.39 is 0 Å². The number of pyridine rings is 1. The lowest BCUT2D eigenvalue weighted by molar-refractivity contribution is 1.02. The fourth-order valence-electron chi connectivity index (χ4n) is 2.41. The number of hydrogen-bond donors (Lipinski definition) is 1. The van der Waals surface area contributed by atoms with Gasteiger partial charge in [0.25, 0.3) is 0 Å². The van der Waals surface area contributed by atoms with E-state index >= 15 is 0 Å². The summed E-state index contributed by atoms with van der Waals surface area (Å²) in [5.41, 5.74) is 3.94. The van der Waals surface area contributed by atoms with E-state index in [1.165, 1.54) is 10.9 Å². The maximum Gasteiger partial charge on any atom is 0.0992 e. The molecular weight excluding hydrogens is 258 g/mol. The topological polar surface area (TPSA) is 48.7 Å². The third-order valence-electron chi connectivity index (χ3n) is 3.43. The van der Waals surface area contributed by atoms with Crippen LogP contribution in [0.3, 0.4) is 0 Å². The van der Waals surface area contributed by atoms with Crippen LogP contribution in [0.4, 0.5) is 5.69 Å². The summed E-state index contributed by atoms with van der Waals surface area (Å²) in [5.74, 6) is 0. The number of rotatable bonds is 4. The molecule has 21 heavy (non-hydrogen) atoms. The summed E-state index contributed by atoms with van der Waals surface area (Å²) in [5, 5.41) is 13.4. The minimum absolute atomic E-state index is 0.673. The van der Waals surface area contributed by atoms with E-state index in [-0.39, 0.29) is 0 Å². The number of nitrogens with zero attached hydrogens (tertiary/aromatic N) is 2. The first-order chi connectivity index (χ1) is 10.4. The number of hydrogen-bond acceptors (Lipinski definition) is 3. The monoisotopic (exact) mass is 273 g/mol. The summed E-state index contributed by atoms with van der Waals surface area (Å²) in [6.07, 6.45) is 2.72. The Bertz CT molecular complexity index is 797. The van der Waals surface area contributed by atoms with Crippen molar-refractivity contribution in [1.82, 2.24) is 4.98 Å². The fourth-order valence-corrected chi connectivity index (χ4v) is 2.41. The first-order valence-electron chi connectivity index (χ1n) is 6.93. The molecule has 1 heterocycles. The quantitative estimate of drug-likeness (QED) is 0.787. The average Bonchev–Trinajstić information content (AvgIpc) is 2.55. The molecule has 3 rings (SSSR count).